The van der Waals surface area contributed by atoms with Crippen LogP contribution in [-0.4, -0.2) is 9.97 Å². The summed E-state index contributed by atoms with van der Waals surface area (Å²) < 4.78 is 0.701. The molecule has 0 spiro atoms. The summed E-state index contributed by atoms with van der Waals surface area (Å²) in [5, 5.41) is 3.39. The predicted octanol–water partition coefficient (Wildman–Crippen LogP) is 3.31. The molecular weight excluding hydrogens is 304 g/mol. The summed E-state index contributed by atoms with van der Waals surface area (Å²) in [6.45, 7) is 0. The van der Waals surface area contributed by atoms with Gasteiger partial charge in [-0.25, -0.2) is 4.98 Å². The molecule has 5 heteroatoms. The molecule has 4 nitrogen and oxygen atoms in total. The van der Waals surface area contributed by atoms with E-state index in [0.717, 1.165) is 12.8 Å². The minimum absolute atomic E-state index is 0.263. The van der Waals surface area contributed by atoms with Crippen LogP contribution >= 0.6 is 15.9 Å². The van der Waals surface area contributed by atoms with Crippen molar-refractivity contribution in [3.63, 3.8) is 0 Å². The number of benzene rings is 1. The van der Waals surface area contributed by atoms with Crippen molar-refractivity contribution in [2.45, 2.75) is 25.3 Å². The van der Waals surface area contributed by atoms with Crippen LogP contribution in [0.1, 0.15) is 30.0 Å². The molecule has 1 heterocycles. The predicted molar refractivity (Wildman–Crippen MR) is 79.9 cm³/mol. The molecule has 0 aliphatic heterocycles. The summed E-state index contributed by atoms with van der Waals surface area (Å²) in [5.41, 5.74) is 8.49. The van der Waals surface area contributed by atoms with E-state index >= 15 is 0 Å². The number of nitrogen functional groups attached to an aromatic ring is 1. The third-order valence-electron chi connectivity index (χ3n) is 3.39. The first-order valence-electron chi connectivity index (χ1n) is 6.37. The summed E-state index contributed by atoms with van der Waals surface area (Å²) in [4.78, 5) is 8.54. The fourth-order valence-corrected chi connectivity index (χ4v) is 2.96. The van der Waals surface area contributed by atoms with Gasteiger partial charge in [0.2, 0.25) is 5.95 Å². The van der Waals surface area contributed by atoms with Crippen LogP contribution < -0.4 is 11.1 Å². The minimum atomic E-state index is 0.263. The van der Waals surface area contributed by atoms with Crippen molar-refractivity contribution >= 4 is 27.7 Å². The first-order chi connectivity index (χ1) is 9.22. The first-order valence-corrected chi connectivity index (χ1v) is 7.16. The van der Waals surface area contributed by atoms with E-state index in [0.29, 0.717) is 16.4 Å². The zero-order valence-corrected chi connectivity index (χ0v) is 12.0. The smallest absolute Gasteiger partial charge is 0.226 e. The van der Waals surface area contributed by atoms with E-state index in [9.17, 15) is 0 Å². The zero-order valence-electron chi connectivity index (χ0n) is 10.4. The van der Waals surface area contributed by atoms with Gasteiger partial charge in [-0.3, -0.25) is 0 Å². The Hall–Kier alpha value is -1.62. The van der Waals surface area contributed by atoms with E-state index in [1.807, 2.05) is 0 Å². The van der Waals surface area contributed by atoms with Gasteiger partial charge in [-0.2, -0.15) is 4.98 Å². The number of fused-ring (bicyclic) bond motifs is 1. The number of aromatic nitrogens is 2. The summed E-state index contributed by atoms with van der Waals surface area (Å²) in [7, 11) is 0. The highest BCUT2D eigenvalue weighted by Gasteiger charge is 2.20. The van der Waals surface area contributed by atoms with E-state index in [1.165, 1.54) is 17.5 Å². The molecular formula is C14H15BrN4. The maximum absolute atomic E-state index is 5.74. The number of halogens is 1. The largest absolute Gasteiger partial charge is 0.383 e. The highest BCUT2D eigenvalue weighted by atomic mass is 79.9. The quantitative estimate of drug-likeness (QED) is 0.834. The number of hydrogen-bond donors (Lipinski definition) is 2. The Kier molecular flexibility index (Phi) is 3.38. The van der Waals surface area contributed by atoms with Gasteiger partial charge in [-0.05, 0) is 46.3 Å². The van der Waals surface area contributed by atoms with Gasteiger partial charge in [0.1, 0.15) is 10.4 Å². The summed E-state index contributed by atoms with van der Waals surface area (Å²) in [6, 6.07) is 10.5. The Morgan fingerprint density at radius 1 is 1.26 bits per heavy atom. The molecule has 1 aromatic heterocycles. The second kappa shape index (κ2) is 5.17. The van der Waals surface area contributed by atoms with Gasteiger partial charge in [-0.15, -0.1) is 0 Å². The molecule has 1 unspecified atom stereocenters. The molecule has 19 heavy (non-hydrogen) atoms. The summed E-state index contributed by atoms with van der Waals surface area (Å²) in [5.74, 6) is 1.04. The number of nitrogens with one attached hydrogen (secondary N) is 1. The molecule has 3 N–H and O–H groups in total. The van der Waals surface area contributed by atoms with E-state index in [4.69, 9.17) is 5.73 Å². The second-order valence-corrected chi connectivity index (χ2v) is 5.54. The van der Waals surface area contributed by atoms with Crippen molar-refractivity contribution in [3.8, 4) is 0 Å². The molecule has 0 fully saturated rings. The molecule has 1 aliphatic carbocycles. The Morgan fingerprint density at radius 3 is 2.95 bits per heavy atom. The van der Waals surface area contributed by atoms with Gasteiger partial charge in [0, 0.05) is 6.07 Å². The Bertz CT molecular complexity index is 579. The molecule has 1 aliphatic rings. The van der Waals surface area contributed by atoms with Gasteiger partial charge < -0.3 is 11.1 Å². The summed E-state index contributed by atoms with van der Waals surface area (Å²) >= 11 is 3.34. The van der Waals surface area contributed by atoms with Crippen LogP contribution in [-0.2, 0) is 6.42 Å². The van der Waals surface area contributed by atoms with Gasteiger partial charge in [0.15, 0.2) is 0 Å². The number of rotatable bonds is 2. The van der Waals surface area contributed by atoms with Crippen LogP contribution in [0.4, 0.5) is 11.8 Å². The lowest BCUT2D eigenvalue weighted by Gasteiger charge is -2.26. The molecule has 3 rings (SSSR count). The lowest BCUT2D eigenvalue weighted by atomic mass is 9.88. The molecule has 0 saturated heterocycles. The Balaban J connectivity index is 1.88. The molecule has 0 saturated carbocycles. The van der Waals surface area contributed by atoms with Gasteiger partial charge in [0.05, 0.1) is 6.04 Å². The Morgan fingerprint density at radius 2 is 2.11 bits per heavy atom. The van der Waals surface area contributed by atoms with E-state index in [1.54, 1.807) is 6.07 Å². The zero-order chi connectivity index (χ0) is 13.2. The normalized spacial score (nSPS) is 17.8. The van der Waals surface area contributed by atoms with Crippen LogP contribution in [0.3, 0.4) is 0 Å². The van der Waals surface area contributed by atoms with Crippen LogP contribution in [0.25, 0.3) is 0 Å². The van der Waals surface area contributed by atoms with Crippen molar-refractivity contribution in [3.05, 3.63) is 46.1 Å². The fraction of sp³-hybridized carbons (Fsp3) is 0.286. The summed E-state index contributed by atoms with van der Waals surface area (Å²) in [6.07, 6.45) is 3.42. The van der Waals surface area contributed by atoms with Crippen molar-refractivity contribution in [2.75, 3.05) is 11.1 Å². The fourth-order valence-electron chi connectivity index (χ4n) is 2.56. The van der Waals surface area contributed by atoms with Crippen LogP contribution in [0.5, 0.6) is 0 Å². The highest BCUT2D eigenvalue weighted by Crippen LogP contribution is 2.31. The Labute approximate surface area is 120 Å². The molecule has 1 aromatic carbocycles. The third kappa shape index (κ3) is 2.71. The number of nitrogens with zero attached hydrogens (tertiary/aromatic N) is 2. The van der Waals surface area contributed by atoms with E-state index in [-0.39, 0.29) is 6.04 Å². The second-order valence-electron chi connectivity index (χ2n) is 4.73. The van der Waals surface area contributed by atoms with Crippen LogP contribution in [0.15, 0.2) is 34.9 Å². The number of hydrogen-bond acceptors (Lipinski definition) is 4. The van der Waals surface area contributed by atoms with Crippen molar-refractivity contribution in [1.82, 2.24) is 9.97 Å². The molecule has 0 bridgehead atoms. The maximum atomic E-state index is 5.74. The van der Waals surface area contributed by atoms with E-state index < -0.39 is 0 Å². The third-order valence-corrected chi connectivity index (χ3v) is 3.79. The monoisotopic (exact) mass is 318 g/mol. The van der Waals surface area contributed by atoms with Crippen molar-refractivity contribution in [2.24, 2.45) is 0 Å². The molecule has 98 valence electrons. The average molecular weight is 319 g/mol. The van der Waals surface area contributed by atoms with Crippen LogP contribution in [0, 0.1) is 0 Å². The topological polar surface area (TPSA) is 63.8 Å². The number of anilines is 2. The molecule has 1 atom stereocenters. The molecule has 0 radical (unpaired) electrons. The lowest BCUT2D eigenvalue weighted by Crippen LogP contribution is -2.18. The van der Waals surface area contributed by atoms with Crippen molar-refractivity contribution in [1.29, 1.82) is 0 Å². The first kappa shape index (κ1) is 12.4. The van der Waals surface area contributed by atoms with Crippen molar-refractivity contribution < 1.29 is 0 Å². The highest BCUT2D eigenvalue weighted by molar-refractivity contribution is 9.10. The molecule has 0 amide bonds. The lowest BCUT2D eigenvalue weighted by molar-refractivity contribution is 0.596. The molecule has 2 aromatic rings. The minimum Gasteiger partial charge on any atom is -0.383 e. The van der Waals surface area contributed by atoms with Gasteiger partial charge in [0.25, 0.3) is 0 Å². The SMILES string of the molecule is Nc1cc(Br)nc(NC2CCCc3ccccc32)n1. The average Bonchev–Trinajstić information content (AvgIpc) is 2.38. The maximum Gasteiger partial charge on any atom is 0.226 e. The number of nitrogens with two attached hydrogens (primary N) is 1. The van der Waals surface area contributed by atoms with Gasteiger partial charge in [-0.1, -0.05) is 24.3 Å². The van der Waals surface area contributed by atoms with Crippen LogP contribution in [0.2, 0.25) is 0 Å². The number of aryl methyl sites for hydroxylation is 1. The standard InChI is InChI=1S/C14H15BrN4/c15-12-8-13(16)19-14(18-12)17-11-7-3-5-9-4-1-2-6-10(9)11/h1-2,4,6,8,11H,3,5,7H2,(H3,16,17,18,19). The van der Waals surface area contributed by atoms with E-state index in [2.05, 4.69) is 55.5 Å². The van der Waals surface area contributed by atoms with Gasteiger partial charge >= 0.3 is 0 Å².